The maximum Gasteiger partial charge on any atom is 0.397 e. The molecule has 0 unspecified atom stereocenters. The van der Waals surface area contributed by atoms with Crippen molar-refractivity contribution in [3.63, 3.8) is 0 Å². The molecule has 0 aromatic rings. The Bertz CT molecular complexity index is 366. The van der Waals surface area contributed by atoms with E-state index in [-0.39, 0.29) is 12.1 Å². The third-order valence-electron chi connectivity index (χ3n) is 3.89. The van der Waals surface area contributed by atoms with E-state index in [1.165, 1.54) is 70.6 Å². The van der Waals surface area contributed by atoms with Crippen LogP contribution in [-0.4, -0.2) is 25.1 Å². The molecule has 6 heteroatoms. The normalized spacial score (nSPS) is 11.8. The highest BCUT2D eigenvalue weighted by atomic mass is 32.3. The van der Waals surface area contributed by atoms with Crippen molar-refractivity contribution < 1.29 is 22.6 Å². The van der Waals surface area contributed by atoms with Crippen LogP contribution in [0.25, 0.3) is 0 Å². The molecule has 0 bridgehead atoms. The average molecular weight is 367 g/mol. The summed E-state index contributed by atoms with van der Waals surface area (Å²) in [5.74, 6) is 0. The zero-order valence-corrected chi connectivity index (χ0v) is 16.2. The Morgan fingerprint density at radius 3 is 1.62 bits per heavy atom. The van der Waals surface area contributed by atoms with E-state index in [0.717, 1.165) is 12.8 Å². The lowest BCUT2D eigenvalue weighted by molar-refractivity contribution is 0.261. The summed E-state index contributed by atoms with van der Waals surface area (Å²) in [7, 11) is -4.25. The lowest BCUT2D eigenvalue weighted by atomic mass is 10.1. The number of hydrogen-bond donors (Lipinski definition) is 1. The predicted molar refractivity (Wildman–Crippen MR) is 101 cm³/mol. The fraction of sp³-hybridized carbons (Fsp3) is 0.889. The quantitative estimate of drug-likeness (QED) is 0.222. The summed E-state index contributed by atoms with van der Waals surface area (Å²) in [4.78, 5) is 0. The van der Waals surface area contributed by atoms with Crippen molar-refractivity contribution in [1.82, 2.24) is 0 Å². The maximum absolute atomic E-state index is 10.3. The first-order valence-corrected chi connectivity index (χ1v) is 10.7. The molecular weight excluding hydrogens is 328 g/mol. The Balaban J connectivity index is 0. The molecule has 0 radical (unpaired) electrons. The van der Waals surface area contributed by atoms with Crippen molar-refractivity contribution in [2.24, 2.45) is 0 Å². The molecule has 0 fully saturated rings. The first-order chi connectivity index (χ1) is 11.1. The lowest BCUT2D eigenvalue weighted by Crippen LogP contribution is -2.04. The van der Waals surface area contributed by atoms with E-state index >= 15 is 0 Å². The highest BCUT2D eigenvalue weighted by molar-refractivity contribution is 7.80. The number of allylic oxidation sites excluding steroid dienone is 2. The van der Waals surface area contributed by atoms with Gasteiger partial charge in [-0.2, -0.15) is 8.42 Å². The Kier molecular flexibility index (Phi) is 20.3. The molecule has 0 aliphatic heterocycles. The zero-order valence-electron chi connectivity index (χ0n) is 15.3. The van der Waals surface area contributed by atoms with Gasteiger partial charge in [0.15, 0.2) is 0 Å². The van der Waals surface area contributed by atoms with Crippen molar-refractivity contribution in [3.05, 3.63) is 12.2 Å². The number of hydrogen-bond acceptors (Lipinski definition) is 3. The summed E-state index contributed by atoms with van der Waals surface area (Å²) >= 11 is 0. The van der Waals surface area contributed by atoms with Crippen LogP contribution in [-0.2, 0) is 14.6 Å². The summed E-state index contributed by atoms with van der Waals surface area (Å²) in [5, 5.41) is 0. The first kappa shape index (κ1) is 25.8. The van der Waals surface area contributed by atoms with E-state index in [1.54, 1.807) is 0 Å². The molecule has 0 spiro atoms. The predicted octanol–water partition coefficient (Wildman–Crippen LogP) is 5.02. The summed E-state index contributed by atoms with van der Waals surface area (Å²) in [6.07, 6.45) is 21.5. The highest BCUT2D eigenvalue weighted by Gasteiger charge is 2.02. The molecule has 0 heterocycles. The molecule has 24 heavy (non-hydrogen) atoms. The molecule has 0 aromatic carbocycles. The lowest BCUT2D eigenvalue weighted by Gasteiger charge is -2.01. The van der Waals surface area contributed by atoms with Gasteiger partial charge in [0.05, 0.1) is 6.61 Å². The van der Waals surface area contributed by atoms with E-state index in [1.807, 2.05) is 0 Å². The largest absolute Gasteiger partial charge is 0.412 e. The fourth-order valence-electron chi connectivity index (χ4n) is 2.51. The standard InChI is InChI=1S/C18H36O4S.H2O/c1-2-3-4-5-6-7-8-9-10-11-12-13-14-15-16-17-18-22-23(19,20)21;/h9-10H,2-8,11-18H2,1H3,(H,19,20,21);1H2/b10-9-;. The van der Waals surface area contributed by atoms with Crippen molar-refractivity contribution in [2.75, 3.05) is 6.61 Å². The summed E-state index contributed by atoms with van der Waals surface area (Å²) in [6, 6.07) is 0. The van der Waals surface area contributed by atoms with Crippen molar-refractivity contribution in [1.29, 1.82) is 0 Å². The number of rotatable bonds is 17. The minimum atomic E-state index is -4.25. The number of unbranched alkanes of at least 4 members (excludes halogenated alkanes) is 12. The first-order valence-electron chi connectivity index (χ1n) is 9.33. The van der Waals surface area contributed by atoms with Crippen molar-refractivity contribution >= 4 is 10.4 Å². The maximum atomic E-state index is 10.3. The molecule has 0 atom stereocenters. The molecule has 0 rings (SSSR count). The van der Waals surface area contributed by atoms with Crippen LogP contribution < -0.4 is 0 Å². The van der Waals surface area contributed by atoms with E-state index in [4.69, 9.17) is 4.55 Å². The second-order valence-corrected chi connectivity index (χ2v) is 7.28. The second-order valence-electron chi connectivity index (χ2n) is 6.19. The van der Waals surface area contributed by atoms with Gasteiger partial charge in [0.1, 0.15) is 0 Å². The van der Waals surface area contributed by atoms with Crippen LogP contribution in [0.4, 0.5) is 0 Å². The van der Waals surface area contributed by atoms with Gasteiger partial charge in [0.25, 0.3) is 0 Å². The summed E-state index contributed by atoms with van der Waals surface area (Å²) in [6.45, 7) is 2.33. The monoisotopic (exact) mass is 366 g/mol. The van der Waals surface area contributed by atoms with Gasteiger partial charge >= 0.3 is 10.4 Å². The van der Waals surface area contributed by atoms with Gasteiger partial charge in [0, 0.05) is 0 Å². The van der Waals surface area contributed by atoms with E-state index in [0.29, 0.717) is 6.42 Å². The highest BCUT2D eigenvalue weighted by Crippen LogP contribution is 2.10. The van der Waals surface area contributed by atoms with E-state index in [9.17, 15) is 8.42 Å². The van der Waals surface area contributed by atoms with E-state index < -0.39 is 10.4 Å². The minimum absolute atomic E-state index is 0. The average Bonchev–Trinajstić information content (AvgIpc) is 2.49. The Morgan fingerprint density at radius 2 is 1.17 bits per heavy atom. The van der Waals surface area contributed by atoms with Gasteiger partial charge in [-0.25, -0.2) is 4.18 Å². The zero-order chi connectivity index (χ0) is 17.2. The van der Waals surface area contributed by atoms with Crippen LogP contribution in [0.3, 0.4) is 0 Å². The SMILES string of the molecule is CCCCCCCC/C=C\CCCCCCCCOS(=O)(=O)O.O. The van der Waals surface area contributed by atoms with Crippen LogP contribution in [0, 0.1) is 0 Å². The second kappa shape index (κ2) is 18.9. The van der Waals surface area contributed by atoms with Crippen LogP contribution in [0.2, 0.25) is 0 Å². The van der Waals surface area contributed by atoms with Gasteiger partial charge < -0.3 is 5.48 Å². The van der Waals surface area contributed by atoms with Gasteiger partial charge in [0.2, 0.25) is 0 Å². The van der Waals surface area contributed by atoms with Gasteiger partial charge in [-0.1, -0.05) is 76.9 Å². The smallest absolute Gasteiger partial charge is 0.397 e. The minimum Gasteiger partial charge on any atom is -0.412 e. The van der Waals surface area contributed by atoms with Crippen LogP contribution in [0.1, 0.15) is 96.8 Å². The van der Waals surface area contributed by atoms with Crippen LogP contribution in [0.5, 0.6) is 0 Å². The van der Waals surface area contributed by atoms with Gasteiger partial charge in [-0.05, 0) is 32.1 Å². The molecule has 3 N–H and O–H groups in total. The fourth-order valence-corrected chi connectivity index (χ4v) is 2.84. The van der Waals surface area contributed by atoms with Gasteiger partial charge in [-0.15, -0.1) is 0 Å². The molecule has 0 aliphatic rings. The summed E-state index contributed by atoms with van der Waals surface area (Å²) in [5.41, 5.74) is 0. The molecule has 0 amide bonds. The molecule has 0 saturated heterocycles. The molecule has 5 nitrogen and oxygen atoms in total. The third-order valence-corrected chi connectivity index (χ3v) is 4.35. The van der Waals surface area contributed by atoms with Crippen LogP contribution >= 0.6 is 0 Å². The van der Waals surface area contributed by atoms with Crippen molar-refractivity contribution in [3.8, 4) is 0 Å². The Hall–Kier alpha value is -0.430. The Labute approximate surface area is 149 Å². The molecule has 146 valence electrons. The Morgan fingerprint density at radius 1 is 0.750 bits per heavy atom. The topological polar surface area (TPSA) is 95.1 Å². The van der Waals surface area contributed by atoms with Gasteiger partial charge in [-0.3, -0.25) is 4.55 Å². The van der Waals surface area contributed by atoms with E-state index in [2.05, 4.69) is 23.3 Å². The van der Waals surface area contributed by atoms with Crippen LogP contribution in [0.15, 0.2) is 12.2 Å². The van der Waals surface area contributed by atoms with Crippen molar-refractivity contribution in [2.45, 2.75) is 96.8 Å². The third kappa shape index (κ3) is 23.8. The molecule has 0 aromatic heterocycles. The summed E-state index contributed by atoms with van der Waals surface area (Å²) < 4.78 is 33.3. The molecule has 0 aliphatic carbocycles. The molecule has 0 saturated carbocycles. The molecular formula is C18H38O5S.